The van der Waals surface area contributed by atoms with E-state index in [1.807, 2.05) is 0 Å². The average molecular weight is 378 g/mol. The number of methoxy groups -OCH3 is 1. The fraction of sp³-hybridized carbons (Fsp3) is 0.235. The number of hydrogen-bond acceptors (Lipinski definition) is 5. The second kappa shape index (κ2) is 6.81. The third kappa shape index (κ3) is 3.04. The number of aromatic nitrogens is 3. The van der Waals surface area contributed by atoms with Gasteiger partial charge in [-0.05, 0) is 25.1 Å². The average Bonchev–Trinajstić information content (AvgIpc) is 3.00. The second-order valence-electron chi connectivity index (χ2n) is 5.79. The fourth-order valence-electron chi connectivity index (χ4n) is 2.80. The van der Waals surface area contributed by atoms with Crippen LogP contribution in [0, 0.1) is 0 Å². The standard InChI is InChI=1S/C17H16ClN3O5/c1-8(22)5-11-14(17(24)25)20-15-12(7-19-21(15)16(11)23)10-6-9(18)3-4-13(10)26-2/h3-4,6-8,19,22H,5H2,1-2H3,(H,24,25). The van der Waals surface area contributed by atoms with Crippen LogP contribution in [0.1, 0.15) is 23.0 Å². The lowest BCUT2D eigenvalue weighted by Crippen LogP contribution is -2.27. The first-order valence-electron chi connectivity index (χ1n) is 7.71. The number of halogens is 1. The van der Waals surface area contributed by atoms with Crippen LogP contribution >= 0.6 is 11.6 Å². The van der Waals surface area contributed by atoms with Crippen molar-refractivity contribution in [3.63, 3.8) is 0 Å². The number of aromatic carboxylic acids is 1. The van der Waals surface area contributed by atoms with Gasteiger partial charge in [-0.2, -0.15) is 0 Å². The van der Waals surface area contributed by atoms with Gasteiger partial charge in [0.05, 0.1) is 18.8 Å². The van der Waals surface area contributed by atoms with Gasteiger partial charge in [-0.25, -0.2) is 14.3 Å². The number of aliphatic hydroxyl groups is 1. The Morgan fingerprint density at radius 1 is 1.42 bits per heavy atom. The number of benzene rings is 1. The molecule has 2 heterocycles. The van der Waals surface area contributed by atoms with E-state index in [-0.39, 0.29) is 17.6 Å². The molecular weight excluding hydrogens is 362 g/mol. The molecule has 0 radical (unpaired) electrons. The molecule has 136 valence electrons. The molecule has 0 aliphatic heterocycles. The highest BCUT2D eigenvalue weighted by Gasteiger charge is 2.23. The topological polar surface area (TPSA) is 117 Å². The Kier molecular flexibility index (Phi) is 4.71. The van der Waals surface area contributed by atoms with E-state index < -0.39 is 23.3 Å². The fourth-order valence-corrected chi connectivity index (χ4v) is 2.97. The summed E-state index contributed by atoms with van der Waals surface area (Å²) >= 11 is 6.06. The number of rotatable bonds is 5. The van der Waals surface area contributed by atoms with Gasteiger partial charge in [0, 0.05) is 28.8 Å². The molecule has 3 N–H and O–H groups in total. The first kappa shape index (κ1) is 18.0. The van der Waals surface area contributed by atoms with Crippen molar-refractivity contribution in [1.29, 1.82) is 0 Å². The molecule has 0 saturated heterocycles. The molecule has 26 heavy (non-hydrogen) atoms. The van der Waals surface area contributed by atoms with Gasteiger partial charge in [-0.3, -0.25) is 9.89 Å². The normalized spacial score (nSPS) is 12.3. The highest BCUT2D eigenvalue weighted by atomic mass is 35.5. The van der Waals surface area contributed by atoms with Gasteiger partial charge in [0.1, 0.15) is 5.75 Å². The predicted molar refractivity (Wildman–Crippen MR) is 95.2 cm³/mol. The number of hydrogen-bond donors (Lipinski definition) is 3. The summed E-state index contributed by atoms with van der Waals surface area (Å²) < 4.78 is 6.46. The Bertz CT molecular complexity index is 1050. The summed E-state index contributed by atoms with van der Waals surface area (Å²) in [7, 11) is 1.49. The molecule has 9 heteroatoms. The quantitative estimate of drug-likeness (QED) is 0.625. The number of aromatic amines is 1. The first-order valence-corrected chi connectivity index (χ1v) is 8.09. The number of carboxylic acids is 1. The van der Waals surface area contributed by atoms with E-state index >= 15 is 0 Å². The molecule has 0 spiro atoms. The largest absolute Gasteiger partial charge is 0.496 e. The van der Waals surface area contributed by atoms with Crippen molar-refractivity contribution in [3.05, 3.63) is 51.0 Å². The lowest BCUT2D eigenvalue weighted by Gasteiger charge is -2.10. The Labute approximate surface area is 152 Å². The van der Waals surface area contributed by atoms with Gasteiger partial charge in [0.25, 0.3) is 5.56 Å². The van der Waals surface area contributed by atoms with Gasteiger partial charge in [-0.15, -0.1) is 0 Å². The molecule has 3 aromatic rings. The Hall–Kier alpha value is -2.84. The molecular formula is C17H16ClN3O5. The maximum absolute atomic E-state index is 12.7. The van der Waals surface area contributed by atoms with Gasteiger partial charge in [0.15, 0.2) is 11.3 Å². The zero-order valence-corrected chi connectivity index (χ0v) is 14.7. The molecule has 1 aromatic carbocycles. The van der Waals surface area contributed by atoms with E-state index in [0.29, 0.717) is 21.9 Å². The van der Waals surface area contributed by atoms with Crippen LogP contribution in [0.3, 0.4) is 0 Å². The number of carbonyl (C=O) groups is 1. The molecule has 0 aliphatic rings. The van der Waals surface area contributed by atoms with Crippen LogP contribution in [-0.4, -0.2) is 44.0 Å². The third-order valence-electron chi connectivity index (χ3n) is 3.91. The zero-order valence-electron chi connectivity index (χ0n) is 14.0. The van der Waals surface area contributed by atoms with Gasteiger partial charge in [0.2, 0.25) is 0 Å². The van der Waals surface area contributed by atoms with Crippen LogP contribution in [0.25, 0.3) is 16.8 Å². The number of carboxylic acid groups (broad SMARTS) is 1. The van der Waals surface area contributed by atoms with Crippen molar-refractivity contribution in [2.75, 3.05) is 7.11 Å². The SMILES string of the molecule is COc1ccc(Cl)cc1-c1c[nH]n2c(=O)c(CC(C)O)c(C(=O)O)nc12. The number of aliphatic hydroxyl groups excluding tert-OH is 1. The van der Waals surface area contributed by atoms with E-state index in [2.05, 4.69) is 10.1 Å². The molecule has 0 aliphatic carbocycles. The summed E-state index contributed by atoms with van der Waals surface area (Å²) in [5, 5.41) is 22.3. The number of fused-ring (bicyclic) bond motifs is 1. The van der Waals surface area contributed by atoms with Crippen LogP contribution < -0.4 is 10.3 Å². The Balaban J connectivity index is 2.34. The predicted octanol–water partition coefficient (Wildman–Crippen LogP) is 1.97. The van der Waals surface area contributed by atoms with Gasteiger partial charge in [-0.1, -0.05) is 11.6 Å². The van der Waals surface area contributed by atoms with Crippen molar-refractivity contribution in [2.24, 2.45) is 0 Å². The maximum Gasteiger partial charge on any atom is 0.355 e. The van der Waals surface area contributed by atoms with Crippen molar-refractivity contribution >= 4 is 23.2 Å². The molecule has 3 rings (SSSR count). The molecule has 0 bridgehead atoms. The van der Waals surface area contributed by atoms with Crippen LogP contribution in [0.4, 0.5) is 0 Å². The Morgan fingerprint density at radius 2 is 2.15 bits per heavy atom. The summed E-state index contributed by atoms with van der Waals surface area (Å²) in [6.45, 7) is 1.47. The lowest BCUT2D eigenvalue weighted by atomic mass is 10.1. The van der Waals surface area contributed by atoms with E-state index in [4.69, 9.17) is 16.3 Å². The minimum absolute atomic E-state index is 0.0727. The summed E-state index contributed by atoms with van der Waals surface area (Å²) in [6, 6.07) is 4.96. The molecule has 0 saturated carbocycles. The van der Waals surface area contributed by atoms with Crippen LogP contribution in [-0.2, 0) is 6.42 Å². The first-order chi connectivity index (χ1) is 12.3. The highest BCUT2D eigenvalue weighted by Crippen LogP contribution is 2.34. The minimum Gasteiger partial charge on any atom is -0.496 e. The third-order valence-corrected chi connectivity index (χ3v) is 4.14. The summed E-state index contributed by atoms with van der Waals surface area (Å²) in [5.74, 6) is -0.847. The lowest BCUT2D eigenvalue weighted by molar-refractivity contribution is 0.0688. The molecule has 0 fully saturated rings. The number of nitrogens with zero attached hydrogens (tertiary/aromatic N) is 2. The molecule has 1 atom stereocenters. The van der Waals surface area contributed by atoms with Crippen LogP contribution in [0.5, 0.6) is 5.75 Å². The number of nitrogens with one attached hydrogen (secondary N) is 1. The number of H-pyrrole nitrogens is 1. The van der Waals surface area contributed by atoms with Gasteiger partial charge >= 0.3 is 5.97 Å². The number of ether oxygens (including phenoxy) is 1. The van der Waals surface area contributed by atoms with Crippen molar-refractivity contribution in [2.45, 2.75) is 19.4 Å². The summed E-state index contributed by atoms with van der Waals surface area (Å²) in [5.41, 5.74) is 0.106. The molecule has 0 amide bonds. The monoisotopic (exact) mass is 377 g/mol. The van der Waals surface area contributed by atoms with E-state index in [1.165, 1.54) is 20.2 Å². The minimum atomic E-state index is -1.34. The second-order valence-corrected chi connectivity index (χ2v) is 6.23. The summed E-state index contributed by atoms with van der Waals surface area (Å²) in [6.07, 6.45) is 0.518. The van der Waals surface area contributed by atoms with Crippen LogP contribution in [0.15, 0.2) is 29.2 Å². The van der Waals surface area contributed by atoms with Crippen molar-refractivity contribution < 1.29 is 19.7 Å². The highest BCUT2D eigenvalue weighted by molar-refractivity contribution is 6.31. The van der Waals surface area contributed by atoms with E-state index in [9.17, 15) is 19.8 Å². The van der Waals surface area contributed by atoms with Crippen LogP contribution in [0.2, 0.25) is 5.02 Å². The maximum atomic E-state index is 12.7. The molecule has 1 unspecified atom stereocenters. The Morgan fingerprint density at radius 3 is 2.77 bits per heavy atom. The van der Waals surface area contributed by atoms with Gasteiger partial charge < -0.3 is 14.9 Å². The molecule has 8 nitrogen and oxygen atoms in total. The van der Waals surface area contributed by atoms with E-state index in [1.54, 1.807) is 18.2 Å². The van der Waals surface area contributed by atoms with Crippen molar-refractivity contribution in [1.82, 2.24) is 14.6 Å². The summed E-state index contributed by atoms with van der Waals surface area (Å²) in [4.78, 5) is 28.5. The van der Waals surface area contributed by atoms with Crippen molar-refractivity contribution in [3.8, 4) is 16.9 Å². The van der Waals surface area contributed by atoms with E-state index in [0.717, 1.165) is 4.52 Å². The smallest absolute Gasteiger partial charge is 0.355 e. The molecule has 2 aromatic heterocycles. The zero-order chi connectivity index (χ0) is 19.0.